The van der Waals surface area contributed by atoms with Crippen molar-refractivity contribution in [3.05, 3.63) is 30.1 Å². The minimum absolute atomic E-state index is 0.0638. The van der Waals surface area contributed by atoms with Crippen LogP contribution in [0.3, 0.4) is 0 Å². The summed E-state index contributed by atoms with van der Waals surface area (Å²) in [5, 5.41) is 2.80. The second kappa shape index (κ2) is 5.02. The molecule has 1 saturated heterocycles. The SMILES string of the molecule is NC1CC(C(=O)NCc2ccccn2)NN1. The number of carbonyl (C=O) groups excluding carboxylic acids is 1. The summed E-state index contributed by atoms with van der Waals surface area (Å²) in [6, 6.07) is 5.33. The zero-order valence-corrected chi connectivity index (χ0v) is 8.81. The number of hydrogen-bond donors (Lipinski definition) is 4. The van der Waals surface area contributed by atoms with Gasteiger partial charge in [0.25, 0.3) is 0 Å². The van der Waals surface area contributed by atoms with Gasteiger partial charge in [0.2, 0.25) is 5.91 Å². The molecule has 0 aromatic carbocycles. The Morgan fingerprint density at radius 1 is 1.56 bits per heavy atom. The van der Waals surface area contributed by atoms with Crippen LogP contribution in [0.15, 0.2) is 24.4 Å². The molecule has 0 aliphatic carbocycles. The minimum atomic E-state index is -0.265. The maximum Gasteiger partial charge on any atom is 0.238 e. The van der Waals surface area contributed by atoms with Gasteiger partial charge in [-0.15, -0.1) is 0 Å². The van der Waals surface area contributed by atoms with Crippen molar-refractivity contribution >= 4 is 5.91 Å². The second-order valence-corrected chi connectivity index (χ2v) is 3.72. The fourth-order valence-corrected chi connectivity index (χ4v) is 1.56. The van der Waals surface area contributed by atoms with Crippen molar-refractivity contribution in [3.8, 4) is 0 Å². The molecule has 2 heterocycles. The van der Waals surface area contributed by atoms with Crippen LogP contribution >= 0.6 is 0 Å². The molecule has 0 bridgehead atoms. The number of nitrogens with zero attached hydrogens (tertiary/aromatic N) is 1. The third-order valence-corrected chi connectivity index (χ3v) is 2.42. The second-order valence-electron chi connectivity index (χ2n) is 3.72. The van der Waals surface area contributed by atoms with Crippen molar-refractivity contribution < 1.29 is 4.79 Å². The monoisotopic (exact) mass is 221 g/mol. The molecule has 0 saturated carbocycles. The van der Waals surface area contributed by atoms with Gasteiger partial charge < -0.3 is 11.1 Å². The lowest BCUT2D eigenvalue weighted by atomic mass is 10.2. The van der Waals surface area contributed by atoms with Gasteiger partial charge in [-0.3, -0.25) is 9.78 Å². The summed E-state index contributed by atoms with van der Waals surface area (Å²) in [6.07, 6.45) is 2.13. The highest BCUT2D eigenvalue weighted by atomic mass is 16.2. The van der Waals surface area contributed by atoms with E-state index in [1.807, 2.05) is 18.2 Å². The maximum atomic E-state index is 11.7. The molecule has 0 radical (unpaired) electrons. The number of hydrazine groups is 1. The van der Waals surface area contributed by atoms with E-state index in [-0.39, 0.29) is 18.1 Å². The van der Waals surface area contributed by atoms with E-state index < -0.39 is 0 Å². The maximum absolute atomic E-state index is 11.7. The Labute approximate surface area is 93.6 Å². The molecule has 86 valence electrons. The van der Waals surface area contributed by atoms with Crippen molar-refractivity contribution in [3.63, 3.8) is 0 Å². The zero-order valence-electron chi connectivity index (χ0n) is 8.81. The van der Waals surface area contributed by atoms with Crippen molar-refractivity contribution in [1.29, 1.82) is 0 Å². The number of pyridine rings is 1. The van der Waals surface area contributed by atoms with Gasteiger partial charge in [-0.1, -0.05) is 6.07 Å². The van der Waals surface area contributed by atoms with E-state index in [4.69, 9.17) is 5.73 Å². The normalized spacial score (nSPS) is 24.3. The lowest BCUT2D eigenvalue weighted by molar-refractivity contribution is -0.123. The topological polar surface area (TPSA) is 92.1 Å². The Morgan fingerprint density at radius 3 is 3.06 bits per heavy atom. The predicted molar refractivity (Wildman–Crippen MR) is 58.7 cm³/mol. The molecule has 2 unspecified atom stereocenters. The average Bonchev–Trinajstić information content (AvgIpc) is 2.74. The van der Waals surface area contributed by atoms with Gasteiger partial charge in [0.05, 0.1) is 18.4 Å². The van der Waals surface area contributed by atoms with Crippen LogP contribution in [0.25, 0.3) is 0 Å². The van der Waals surface area contributed by atoms with E-state index >= 15 is 0 Å². The summed E-state index contributed by atoms with van der Waals surface area (Å²) in [5.41, 5.74) is 12.1. The number of nitrogens with one attached hydrogen (secondary N) is 3. The number of nitrogens with two attached hydrogens (primary N) is 1. The van der Waals surface area contributed by atoms with Gasteiger partial charge >= 0.3 is 0 Å². The van der Waals surface area contributed by atoms with Gasteiger partial charge in [0, 0.05) is 12.6 Å². The summed E-state index contributed by atoms with van der Waals surface area (Å²) in [4.78, 5) is 15.8. The number of rotatable bonds is 3. The van der Waals surface area contributed by atoms with E-state index in [1.165, 1.54) is 0 Å². The summed E-state index contributed by atoms with van der Waals surface area (Å²) in [6.45, 7) is 0.438. The van der Waals surface area contributed by atoms with Gasteiger partial charge in [0.15, 0.2) is 0 Å². The van der Waals surface area contributed by atoms with Crippen LogP contribution in [-0.2, 0) is 11.3 Å². The Bertz CT molecular complexity index is 355. The first kappa shape index (κ1) is 11.0. The van der Waals surface area contributed by atoms with Gasteiger partial charge in [-0.25, -0.2) is 10.9 Å². The summed E-state index contributed by atoms with van der Waals surface area (Å²) in [5.74, 6) is -0.0638. The summed E-state index contributed by atoms with van der Waals surface area (Å²) >= 11 is 0. The highest BCUT2D eigenvalue weighted by Gasteiger charge is 2.26. The lowest BCUT2D eigenvalue weighted by Crippen LogP contribution is -2.43. The van der Waals surface area contributed by atoms with Crippen LogP contribution in [0, 0.1) is 0 Å². The quantitative estimate of drug-likeness (QED) is 0.517. The molecule has 2 rings (SSSR count). The van der Waals surface area contributed by atoms with Crippen LogP contribution < -0.4 is 21.9 Å². The molecule has 1 amide bonds. The third kappa shape index (κ3) is 2.75. The molecular weight excluding hydrogens is 206 g/mol. The molecule has 16 heavy (non-hydrogen) atoms. The zero-order chi connectivity index (χ0) is 11.4. The Kier molecular flexibility index (Phi) is 3.45. The van der Waals surface area contributed by atoms with Crippen LogP contribution in [0.1, 0.15) is 12.1 Å². The molecule has 1 aromatic rings. The Hall–Kier alpha value is -1.50. The number of aromatic nitrogens is 1. The molecule has 6 heteroatoms. The van der Waals surface area contributed by atoms with E-state index in [0.717, 1.165) is 5.69 Å². The fraction of sp³-hybridized carbons (Fsp3) is 0.400. The van der Waals surface area contributed by atoms with Crippen molar-refractivity contribution in [2.75, 3.05) is 0 Å². The molecule has 1 aliphatic rings. The van der Waals surface area contributed by atoms with Gasteiger partial charge in [-0.05, 0) is 12.1 Å². The van der Waals surface area contributed by atoms with Crippen molar-refractivity contribution in [2.45, 2.75) is 25.2 Å². The first-order valence-electron chi connectivity index (χ1n) is 5.20. The van der Waals surface area contributed by atoms with Gasteiger partial charge in [0.1, 0.15) is 6.04 Å². The third-order valence-electron chi connectivity index (χ3n) is 2.42. The van der Waals surface area contributed by atoms with E-state index in [2.05, 4.69) is 21.2 Å². The lowest BCUT2D eigenvalue weighted by Gasteiger charge is -2.09. The first-order valence-corrected chi connectivity index (χ1v) is 5.20. The summed E-state index contributed by atoms with van der Waals surface area (Å²) in [7, 11) is 0. The van der Waals surface area contributed by atoms with Crippen LogP contribution in [0.2, 0.25) is 0 Å². The van der Waals surface area contributed by atoms with Crippen molar-refractivity contribution in [1.82, 2.24) is 21.2 Å². The highest BCUT2D eigenvalue weighted by Crippen LogP contribution is 2.00. The highest BCUT2D eigenvalue weighted by molar-refractivity contribution is 5.81. The molecule has 5 N–H and O–H groups in total. The predicted octanol–water partition coefficient (Wildman–Crippen LogP) is -1.15. The smallest absolute Gasteiger partial charge is 0.238 e. The number of hydrogen-bond acceptors (Lipinski definition) is 5. The van der Waals surface area contributed by atoms with Crippen LogP contribution in [0.5, 0.6) is 0 Å². The first-order chi connectivity index (χ1) is 7.75. The summed E-state index contributed by atoms with van der Waals surface area (Å²) < 4.78 is 0. The molecule has 1 aromatic heterocycles. The van der Waals surface area contributed by atoms with E-state index in [9.17, 15) is 4.79 Å². The van der Waals surface area contributed by atoms with Gasteiger partial charge in [-0.2, -0.15) is 0 Å². The van der Waals surface area contributed by atoms with Crippen LogP contribution in [0.4, 0.5) is 0 Å². The molecular formula is C10H15N5O. The largest absolute Gasteiger partial charge is 0.349 e. The van der Waals surface area contributed by atoms with Crippen LogP contribution in [-0.4, -0.2) is 23.1 Å². The molecule has 1 aliphatic heterocycles. The molecule has 2 atom stereocenters. The number of amides is 1. The molecule has 6 nitrogen and oxygen atoms in total. The molecule has 1 fully saturated rings. The average molecular weight is 221 g/mol. The standard InChI is InChI=1S/C10H15N5O/c11-9-5-8(14-15-9)10(16)13-6-7-3-1-2-4-12-7/h1-4,8-9,14-15H,5-6,11H2,(H,13,16). The minimum Gasteiger partial charge on any atom is -0.349 e. The Balaban J connectivity index is 1.80. The fourth-order valence-electron chi connectivity index (χ4n) is 1.56. The Morgan fingerprint density at radius 2 is 2.44 bits per heavy atom. The number of carbonyl (C=O) groups is 1. The molecule has 0 spiro atoms. The van der Waals surface area contributed by atoms with Crippen molar-refractivity contribution in [2.24, 2.45) is 5.73 Å². The van der Waals surface area contributed by atoms with E-state index in [0.29, 0.717) is 13.0 Å². The van der Waals surface area contributed by atoms with E-state index in [1.54, 1.807) is 6.20 Å².